The van der Waals surface area contributed by atoms with E-state index < -0.39 is 0 Å². The zero-order valence-electron chi connectivity index (χ0n) is 16.3. The fourth-order valence-corrected chi connectivity index (χ4v) is 4.86. The Balaban J connectivity index is 1.55. The van der Waals surface area contributed by atoms with Gasteiger partial charge in [-0.05, 0) is 56.2 Å². The summed E-state index contributed by atoms with van der Waals surface area (Å²) in [6.07, 6.45) is 0. The van der Waals surface area contributed by atoms with E-state index in [4.69, 9.17) is 5.73 Å². The smallest absolute Gasteiger partial charge is 0.266 e. The summed E-state index contributed by atoms with van der Waals surface area (Å²) in [5, 5.41) is 0.904. The Morgan fingerprint density at radius 2 is 1.71 bits per heavy atom. The topological polar surface area (TPSA) is 62.5 Å². The molecule has 7 heteroatoms. The first-order chi connectivity index (χ1) is 13.4. The van der Waals surface area contributed by atoms with Crippen molar-refractivity contribution in [2.45, 2.75) is 20.8 Å². The van der Waals surface area contributed by atoms with Crippen molar-refractivity contribution in [2.24, 2.45) is 0 Å². The zero-order chi connectivity index (χ0) is 20.0. The number of nitrogens with two attached hydrogens (primary N) is 1. The largest absolute Gasteiger partial charge is 0.397 e. The summed E-state index contributed by atoms with van der Waals surface area (Å²) in [6, 6.07) is 6.47. The first-order valence-corrected chi connectivity index (χ1v) is 10.1. The van der Waals surface area contributed by atoms with Gasteiger partial charge in [-0.2, -0.15) is 0 Å². The van der Waals surface area contributed by atoms with Crippen LogP contribution in [0.15, 0.2) is 24.3 Å². The number of carbonyl (C=O) groups excluding carboxylic acids is 1. The molecule has 1 aliphatic heterocycles. The average Bonchev–Trinajstić information content (AvgIpc) is 3.02. The Hall–Kier alpha value is -2.67. The maximum Gasteiger partial charge on any atom is 0.266 e. The standard InChI is InChI=1S/C21H23FN4OS/c1-12-13(2)17-18(23)19(28-20(17)24-14(12)3)21(27)26-10-8-25(9-11-26)16-6-4-15(22)5-7-16/h4-7H,8-11,23H2,1-3H3. The maximum atomic E-state index is 13.1. The molecule has 0 aliphatic carbocycles. The van der Waals surface area contributed by atoms with E-state index in [1.165, 1.54) is 23.5 Å². The fraction of sp³-hybridized carbons (Fsp3) is 0.333. The van der Waals surface area contributed by atoms with Gasteiger partial charge in [0.2, 0.25) is 0 Å². The van der Waals surface area contributed by atoms with Crippen LogP contribution in [-0.4, -0.2) is 42.0 Å². The summed E-state index contributed by atoms with van der Waals surface area (Å²) < 4.78 is 13.1. The van der Waals surface area contributed by atoms with Crippen molar-refractivity contribution in [3.8, 4) is 0 Å². The van der Waals surface area contributed by atoms with Crippen molar-refractivity contribution in [3.63, 3.8) is 0 Å². The minimum atomic E-state index is -0.243. The van der Waals surface area contributed by atoms with Crippen LogP contribution in [0.25, 0.3) is 10.2 Å². The third-order valence-electron chi connectivity index (χ3n) is 5.63. The molecule has 1 amide bonds. The van der Waals surface area contributed by atoms with Crippen LogP contribution < -0.4 is 10.6 Å². The van der Waals surface area contributed by atoms with E-state index in [-0.39, 0.29) is 11.7 Å². The van der Waals surface area contributed by atoms with Crippen LogP contribution in [0.3, 0.4) is 0 Å². The molecular weight excluding hydrogens is 375 g/mol. The molecule has 3 aromatic rings. The van der Waals surface area contributed by atoms with Gasteiger partial charge in [0.25, 0.3) is 5.91 Å². The number of aryl methyl sites for hydroxylation is 2. The number of aromatic nitrogens is 1. The van der Waals surface area contributed by atoms with E-state index in [2.05, 4.69) is 9.88 Å². The van der Waals surface area contributed by atoms with Gasteiger partial charge in [0, 0.05) is 42.9 Å². The minimum absolute atomic E-state index is 0.0334. The number of anilines is 2. The van der Waals surface area contributed by atoms with E-state index in [1.807, 2.05) is 25.7 Å². The van der Waals surface area contributed by atoms with Crippen molar-refractivity contribution in [1.29, 1.82) is 0 Å². The van der Waals surface area contributed by atoms with Crippen LogP contribution in [0, 0.1) is 26.6 Å². The molecule has 2 N–H and O–H groups in total. The van der Waals surface area contributed by atoms with Crippen LogP contribution in [0.5, 0.6) is 0 Å². The van der Waals surface area contributed by atoms with Crippen LogP contribution in [0.2, 0.25) is 0 Å². The van der Waals surface area contributed by atoms with Gasteiger partial charge in [0.1, 0.15) is 15.5 Å². The van der Waals surface area contributed by atoms with Gasteiger partial charge in [-0.15, -0.1) is 11.3 Å². The van der Waals surface area contributed by atoms with Crippen molar-refractivity contribution >= 4 is 38.8 Å². The second kappa shape index (κ2) is 7.05. The van der Waals surface area contributed by atoms with Gasteiger partial charge in [-0.1, -0.05) is 0 Å². The number of nitrogens with zero attached hydrogens (tertiary/aromatic N) is 3. The fourth-order valence-electron chi connectivity index (χ4n) is 3.69. The van der Waals surface area contributed by atoms with E-state index in [0.717, 1.165) is 32.7 Å². The molecule has 5 nitrogen and oxygen atoms in total. The molecule has 1 aromatic carbocycles. The molecule has 0 saturated carbocycles. The maximum absolute atomic E-state index is 13.1. The van der Waals surface area contributed by atoms with Gasteiger partial charge < -0.3 is 15.5 Å². The lowest BCUT2D eigenvalue weighted by Gasteiger charge is -2.36. The van der Waals surface area contributed by atoms with Crippen LogP contribution in [0.1, 0.15) is 26.5 Å². The van der Waals surface area contributed by atoms with E-state index >= 15 is 0 Å². The average molecular weight is 399 g/mol. The van der Waals surface area contributed by atoms with Gasteiger partial charge in [-0.25, -0.2) is 9.37 Å². The molecular formula is C21H23FN4OS. The molecule has 1 fully saturated rings. The Kier molecular flexibility index (Phi) is 4.71. The molecule has 0 radical (unpaired) electrons. The number of carbonyl (C=O) groups is 1. The molecule has 0 spiro atoms. The Morgan fingerprint density at radius 3 is 2.36 bits per heavy atom. The number of halogens is 1. The van der Waals surface area contributed by atoms with E-state index in [1.54, 1.807) is 12.1 Å². The van der Waals surface area contributed by atoms with Gasteiger partial charge in [0.15, 0.2) is 0 Å². The highest BCUT2D eigenvalue weighted by atomic mass is 32.1. The predicted octanol–water partition coefficient (Wildman–Crippen LogP) is 3.91. The lowest BCUT2D eigenvalue weighted by molar-refractivity contribution is 0.0752. The number of rotatable bonds is 2. The van der Waals surface area contributed by atoms with Crippen molar-refractivity contribution in [3.05, 3.63) is 51.8 Å². The lowest BCUT2D eigenvalue weighted by atomic mass is 10.1. The van der Waals surface area contributed by atoms with Crippen molar-refractivity contribution in [1.82, 2.24) is 9.88 Å². The molecule has 0 bridgehead atoms. The number of nitrogen functional groups attached to an aromatic ring is 1. The summed E-state index contributed by atoms with van der Waals surface area (Å²) >= 11 is 1.38. The molecule has 4 rings (SSSR count). The highest BCUT2D eigenvalue weighted by Gasteiger charge is 2.27. The first kappa shape index (κ1) is 18.7. The molecule has 1 aliphatic rings. The molecule has 1 saturated heterocycles. The van der Waals surface area contributed by atoms with Crippen LogP contribution in [-0.2, 0) is 0 Å². The first-order valence-electron chi connectivity index (χ1n) is 9.32. The second-order valence-electron chi connectivity index (χ2n) is 7.23. The highest BCUT2D eigenvalue weighted by molar-refractivity contribution is 7.21. The highest BCUT2D eigenvalue weighted by Crippen LogP contribution is 2.37. The van der Waals surface area contributed by atoms with Crippen molar-refractivity contribution in [2.75, 3.05) is 36.8 Å². The number of fused-ring (bicyclic) bond motifs is 1. The van der Waals surface area contributed by atoms with E-state index in [9.17, 15) is 9.18 Å². The van der Waals surface area contributed by atoms with Gasteiger partial charge >= 0.3 is 0 Å². The SMILES string of the molecule is Cc1nc2sc(C(=O)N3CCN(c4ccc(F)cc4)CC3)c(N)c2c(C)c1C. The molecule has 146 valence electrons. The Morgan fingerprint density at radius 1 is 1.07 bits per heavy atom. The normalized spacial score (nSPS) is 14.7. The molecule has 0 unspecified atom stereocenters. The van der Waals surface area contributed by atoms with E-state index in [0.29, 0.717) is 36.7 Å². The number of piperazine rings is 1. The van der Waals surface area contributed by atoms with Crippen molar-refractivity contribution < 1.29 is 9.18 Å². The summed E-state index contributed by atoms with van der Waals surface area (Å²) in [4.78, 5) is 23.2. The molecule has 3 heterocycles. The number of hydrogen-bond acceptors (Lipinski definition) is 5. The van der Waals surface area contributed by atoms with Crippen LogP contribution in [0.4, 0.5) is 15.8 Å². The number of pyridine rings is 1. The third-order valence-corrected chi connectivity index (χ3v) is 6.72. The Bertz CT molecular complexity index is 1050. The summed E-state index contributed by atoms with van der Waals surface area (Å²) in [5.74, 6) is -0.277. The minimum Gasteiger partial charge on any atom is -0.397 e. The van der Waals surface area contributed by atoms with Gasteiger partial charge in [0.05, 0.1) is 5.69 Å². The predicted molar refractivity (Wildman–Crippen MR) is 113 cm³/mol. The summed E-state index contributed by atoms with van der Waals surface area (Å²) in [7, 11) is 0. The molecule has 2 aromatic heterocycles. The molecule has 28 heavy (non-hydrogen) atoms. The second-order valence-corrected chi connectivity index (χ2v) is 8.23. The number of benzene rings is 1. The summed E-state index contributed by atoms with van der Waals surface area (Å²) in [5.41, 5.74) is 11.1. The Labute approximate surface area is 167 Å². The zero-order valence-corrected chi connectivity index (χ0v) is 17.1. The van der Waals surface area contributed by atoms with Crippen LogP contribution >= 0.6 is 11.3 Å². The number of amides is 1. The third kappa shape index (κ3) is 3.09. The summed E-state index contributed by atoms with van der Waals surface area (Å²) in [6.45, 7) is 8.67. The lowest BCUT2D eigenvalue weighted by Crippen LogP contribution is -2.48. The number of hydrogen-bond donors (Lipinski definition) is 1. The number of thiophene rings is 1. The quantitative estimate of drug-likeness (QED) is 0.711. The monoisotopic (exact) mass is 398 g/mol. The van der Waals surface area contributed by atoms with Gasteiger partial charge in [-0.3, -0.25) is 4.79 Å². The molecule has 0 atom stereocenters.